The maximum atomic E-state index is 10.2. The third-order valence-corrected chi connectivity index (χ3v) is 4.29. The lowest BCUT2D eigenvalue weighted by atomic mass is 9.87. The quantitative estimate of drug-likeness (QED) is 0.832. The van der Waals surface area contributed by atoms with E-state index in [4.69, 9.17) is 9.26 Å². The molecule has 1 aromatic heterocycles. The molecule has 1 unspecified atom stereocenters. The van der Waals surface area contributed by atoms with Gasteiger partial charge in [-0.3, -0.25) is 4.90 Å². The number of aliphatic hydroxyl groups excluding tert-OH is 1. The van der Waals surface area contributed by atoms with Crippen LogP contribution in [0.2, 0.25) is 0 Å². The van der Waals surface area contributed by atoms with Gasteiger partial charge in [0.05, 0.1) is 5.69 Å². The highest BCUT2D eigenvalue weighted by molar-refractivity contribution is 5.31. The van der Waals surface area contributed by atoms with Gasteiger partial charge in [-0.1, -0.05) is 38.1 Å². The van der Waals surface area contributed by atoms with E-state index >= 15 is 0 Å². The van der Waals surface area contributed by atoms with Crippen LogP contribution in [0.1, 0.15) is 43.4 Å². The van der Waals surface area contributed by atoms with Gasteiger partial charge in [0.2, 0.25) is 0 Å². The van der Waals surface area contributed by atoms with Crippen LogP contribution in [-0.4, -0.2) is 41.5 Å². The lowest BCUT2D eigenvalue weighted by Crippen LogP contribution is -2.33. The SMILES string of the molecule is Cc1noc(C)c1CN(C)CC(O)COc1ccc(C(C)(C)C)cc1. The van der Waals surface area contributed by atoms with Gasteiger partial charge < -0.3 is 14.4 Å². The summed E-state index contributed by atoms with van der Waals surface area (Å²) < 4.78 is 10.9. The van der Waals surface area contributed by atoms with E-state index in [1.165, 1.54) is 5.56 Å². The van der Waals surface area contributed by atoms with E-state index in [9.17, 15) is 5.11 Å². The first-order valence-corrected chi connectivity index (χ1v) is 8.68. The molecule has 0 bridgehead atoms. The molecule has 5 heteroatoms. The Balaban J connectivity index is 1.81. The van der Waals surface area contributed by atoms with E-state index in [0.717, 1.165) is 22.8 Å². The fraction of sp³-hybridized carbons (Fsp3) is 0.550. The lowest BCUT2D eigenvalue weighted by molar-refractivity contribution is 0.0742. The molecule has 1 heterocycles. The van der Waals surface area contributed by atoms with Gasteiger partial charge in [0, 0.05) is 18.7 Å². The zero-order valence-electron chi connectivity index (χ0n) is 16.2. The molecule has 5 nitrogen and oxygen atoms in total. The van der Waals surface area contributed by atoms with Gasteiger partial charge >= 0.3 is 0 Å². The molecule has 0 amide bonds. The molecule has 2 rings (SSSR count). The molecule has 0 fully saturated rings. The normalized spacial score (nSPS) is 13.3. The van der Waals surface area contributed by atoms with Crippen LogP contribution in [0.3, 0.4) is 0 Å². The van der Waals surface area contributed by atoms with Crippen molar-refractivity contribution in [2.45, 2.75) is 52.7 Å². The van der Waals surface area contributed by atoms with E-state index < -0.39 is 6.10 Å². The first-order chi connectivity index (χ1) is 11.7. The molecule has 1 aromatic carbocycles. The standard InChI is InChI=1S/C20H30N2O3/c1-14-19(15(2)25-21-14)12-22(6)11-17(23)13-24-18-9-7-16(8-10-18)20(3,4)5/h7-10,17,23H,11-13H2,1-6H3. The molecule has 1 N–H and O–H groups in total. The van der Waals surface area contributed by atoms with Crippen LogP contribution in [0.4, 0.5) is 0 Å². The Morgan fingerprint density at radius 3 is 2.36 bits per heavy atom. The number of nitrogens with zero attached hydrogens (tertiary/aromatic N) is 2. The van der Waals surface area contributed by atoms with E-state index in [1.807, 2.05) is 37.9 Å². The fourth-order valence-corrected chi connectivity index (χ4v) is 2.72. The lowest BCUT2D eigenvalue weighted by Gasteiger charge is -2.21. The number of hydrogen-bond acceptors (Lipinski definition) is 5. The number of likely N-dealkylation sites (N-methyl/N-ethyl adjacent to an activating group) is 1. The minimum atomic E-state index is -0.562. The highest BCUT2D eigenvalue weighted by Gasteiger charge is 2.15. The third kappa shape index (κ3) is 5.58. The van der Waals surface area contributed by atoms with Gasteiger partial charge in [-0.05, 0) is 44.0 Å². The second kappa shape index (κ2) is 8.02. The number of hydrogen-bond donors (Lipinski definition) is 1. The van der Waals surface area contributed by atoms with Crippen molar-refractivity contribution in [3.8, 4) is 5.75 Å². The second-order valence-corrected chi connectivity index (χ2v) is 7.74. The van der Waals surface area contributed by atoms with Gasteiger partial charge in [0.15, 0.2) is 0 Å². The molecule has 25 heavy (non-hydrogen) atoms. The number of aryl methyl sites for hydroxylation is 2. The summed E-state index contributed by atoms with van der Waals surface area (Å²) in [7, 11) is 1.97. The smallest absolute Gasteiger partial charge is 0.138 e. The van der Waals surface area contributed by atoms with Crippen molar-refractivity contribution in [2.24, 2.45) is 0 Å². The topological polar surface area (TPSA) is 58.7 Å². The molecule has 0 aliphatic rings. The molecule has 0 saturated carbocycles. The minimum absolute atomic E-state index is 0.124. The predicted octanol–water partition coefficient (Wildman–Crippen LogP) is 3.46. The molecule has 0 radical (unpaired) electrons. The van der Waals surface area contributed by atoms with Crippen LogP contribution in [0.5, 0.6) is 5.75 Å². The maximum absolute atomic E-state index is 10.2. The second-order valence-electron chi connectivity index (χ2n) is 7.74. The number of rotatable bonds is 7. The molecule has 0 aliphatic carbocycles. The average molecular weight is 346 g/mol. The van der Waals surface area contributed by atoms with Crippen molar-refractivity contribution >= 4 is 0 Å². The largest absolute Gasteiger partial charge is 0.491 e. The molecular formula is C20H30N2O3. The van der Waals surface area contributed by atoms with E-state index in [1.54, 1.807) is 0 Å². The Labute approximate surface area is 150 Å². The van der Waals surface area contributed by atoms with Crippen LogP contribution in [0, 0.1) is 13.8 Å². The summed E-state index contributed by atoms with van der Waals surface area (Å²) >= 11 is 0. The molecule has 138 valence electrons. The monoisotopic (exact) mass is 346 g/mol. The summed E-state index contributed by atoms with van der Waals surface area (Å²) in [5, 5.41) is 14.2. The Bertz CT molecular complexity index is 652. The van der Waals surface area contributed by atoms with Crippen molar-refractivity contribution in [3.05, 3.63) is 46.8 Å². The Morgan fingerprint density at radius 1 is 1.20 bits per heavy atom. The highest BCUT2D eigenvalue weighted by Crippen LogP contribution is 2.24. The summed E-state index contributed by atoms with van der Waals surface area (Å²) in [6.45, 7) is 11.9. The first-order valence-electron chi connectivity index (χ1n) is 8.68. The van der Waals surface area contributed by atoms with Crippen molar-refractivity contribution < 1.29 is 14.4 Å². The Hall–Kier alpha value is -1.85. The van der Waals surface area contributed by atoms with Crippen molar-refractivity contribution in [1.82, 2.24) is 10.1 Å². The third-order valence-electron chi connectivity index (χ3n) is 4.29. The molecule has 0 saturated heterocycles. The number of benzene rings is 1. The van der Waals surface area contributed by atoms with Gasteiger partial charge in [-0.2, -0.15) is 0 Å². The van der Waals surface area contributed by atoms with Gasteiger partial charge in [-0.15, -0.1) is 0 Å². The van der Waals surface area contributed by atoms with Crippen molar-refractivity contribution in [2.75, 3.05) is 20.2 Å². The van der Waals surface area contributed by atoms with Crippen LogP contribution in [0.15, 0.2) is 28.8 Å². The van der Waals surface area contributed by atoms with Crippen LogP contribution < -0.4 is 4.74 Å². The number of aromatic nitrogens is 1. The maximum Gasteiger partial charge on any atom is 0.138 e. The van der Waals surface area contributed by atoms with Crippen molar-refractivity contribution in [3.63, 3.8) is 0 Å². The zero-order valence-corrected chi connectivity index (χ0v) is 16.2. The van der Waals surface area contributed by atoms with Crippen molar-refractivity contribution in [1.29, 1.82) is 0 Å². The van der Waals surface area contributed by atoms with Gasteiger partial charge in [0.25, 0.3) is 0 Å². The zero-order chi connectivity index (χ0) is 18.6. The molecular weight excluding hydrogens is 316 g/mol. The van der Waals surface area contributed by atoms with E-state index in [0.29, 0.717) is 13.1 Å². The number of aliphatic hydroxyl groups is 1. The average Bonchev–Trinajstić information content (AvgIpc) is 2.84. The molecule has 2 aromatic rings. The Morgan fingerprint density at radius 2 is 1.84 bits per heavy atom. The molecule has 0 aliphatic heterocycles. The van der Waals surface area contributed by atoms with E-state index in [2.05, 4.69) is 38.1 Å². The summed E-state index contributed by atoms with van der Waals surface area (Å²) in [5.41, 5.74) is 3.36. The first kappa shape index (κ1) is 19.5. The summed E-state index contributed by atoms with van der Waals surface area (Å²) in [4.78, 5) is 2.04. The Kier molecular flexibility index (Phi) is 6.25. The molecule has 0 spiro atoms. The minimum Gasteiger partial charge on any atom is -0.491 e. The van der Waals surface area contributed by atoms with Gasteiger partial charge in [-0.25, -0.2) is 0 Å². The van der Waals surface area contributed by atoms with Crippen LogP contribution >= 0.6 is 0 Å². The molecule has 1 atom stereocenters. The summed E-state index contributed by atoms with van der Waals surface area (Å²) in [5.74, 6) is 1.61. The fourth-order valence-electron chi connectivity index (χ4n) is 2.72. The van der Waals surface area contributed by atoms with Gasteiger partial charge in [0.1, 0.15) is 24.2 Å². The van der Waals surface area contributed by atoms with E-state index in [-0.39, 0.29) is 12.0 Å². The predicted molar refractivity (Wildman–Crippen MR) is 99.0 cm³/mol. The number of ether oxygens (including phenoxy) is 1. The van der Waals surface area contributed by atoms with Crippen LogP contribution in [0.25, 0.3) is 0 Å². The highest BCUT2D eigenvalue weighted by atomic mass is 16.5. The summed E-state index contributed by atoms with van der Waals surface area (Å²) in [6, 6.07) is 8.07. The van der Waals surface area contributed by atoms with Crippen LogP contribution in [-0.2, 0) is 12.0 Å². The summed E-state index contributed by atoms with van der Waals surface area (Å²) in [6.07, 6.45) is -0.562.